The van der Waals surface area contributed by atoms with E-state index < -0.39 is 0 Å². The fourth-order valence-corrected chi connectivity index (χ4v) is 4.85. The van der Waals surface area contributed by atoms with Crippen LogP contribution in [0, 0.1) is 5.41 Å². The van der Waals surface area contributed by atoms with E-state index in [0.717, 1.165) is 54.1 Å². The van der Waals surface area contributed by atoms with Crippen LogP contribution in [-0.4, -0.2) is 32.3 Å². The van der Waals surface area contributed by atoms with Crippen LogP contribution in [0.2, 0.25) is 0 Å². The number of carbonyl (C=O) groups is 1. The van der Waals surface area contributed by atoms with E-state index in [4.69, 9.17) is 0 Å². The number of benzene rings is 2. The summed E-state index contributed by atoms with van der Waals surface area (Å²) in [5, 5.41) is 19.6. The van der Waals surface area contributed by atoms with Crippen LogP contribution < -0.4 is 10.9 Å². The Hall–Kier alpha value is -3.48. The number of aromatic nitrogens is 4. The zero-order chi connectivity index (χ0) is 21.4. The SMILES string of the molecule is CCC1(CCc2n[nH]c(=O)c3ccccc23)CC(NC(=O)c2ccc3cn[nH]c3c2)C1. The molecule has 2 aromatic carbocycles. The largest absolute Gasteiger partial charge is 0.349 e. The summed E-state index contributed by atoms with van der Waals surface area (Å²) in [5.41, 5.74) is 2.50. The molecule has 2 aromatic heterocycles. The summed E-state index contributed by atoms with van der Waals surface area (Å²) < 4.78 is 0. The highest BCUT2D eigenvalue weighted by Crippen LogP contribution is 2.47. The Morgan fingerprint density at radius 1 is 1.16 bits per heavy atom. The fourth-order valence-electron chi connectivity index (χ4n) is 4.85. The molecule has 1 aliphatic carbocycles. The molecule has 1 fully saturated rings. The molecule has 3 N–H and O–H groups in total. The number of hydrogen-bond acceptors (Lipinski definition) is 4. The van der Waals surface area contributed by atoms with Gasteiger partial charge in [-0.1, -0.05) is 37.6 Å². The summed E-state index contributed by atoms with van der Waals surface area (Å²) in [6.45, 7) is 2.21. The number of rotatable bonds is 6. The molecule has 0 radical (unpaired) electrons. The summed E-state index contributed by atoms with van der Waals surface area (Å²) in [7, 11) is 0. The van der Waals surface area contributed by atoms with E-state index in [2.05, 4.69) is 32.6 Å². The van der Waals surface area contributed by atoms with Crippen molar-refractivity contribution in [3.8, 4) is 0 Å². The molecular formula is C24H25N5O2. The summed E-state index contributed by atoms with van der Waals surface area (Å²) >= 11 is 0. The lowest BCUT2D eigenvalue weighted by Crippen LogP contribution is -2.50. The van der Waals surface area contributed by atoms with Crippen LogP contribution in [0.15, 0.2) is 53.5 Å². The van der Waals surface area contributed by atoms with Gasteiger partial charge in [0.25, 0.3) is 11.5 Å². The van der Waals surface area contributed by atoms with E-state index in [0.29, 0.717) is 10.9 Å². The molecule has 0 bridgehead atoms. The molecule has 5 rings (SSSR count). The monoisotopic (exact) mass is 415 g/mol. The number of amides is 1. The Morgan fingerprint density at radius 3 is 2.77 bits per heavy atom. The Kier molecular flexibility index (Phi) is 4.81. The van der Waals surface area contributed by atoms with Gasteiger partial charge in [0.05, 0.1) is 22.8 Å². The minimum Gasteiger partial charge on any atom is -0.349 e. The first kappa shape index (κ1) is 19.5. The molecule has 31 heavy (non-hydrogen) atoms. The second kappa shape index (κ2) is 7.65. The molecule has 0 unspecified atom stereocenters. The first-order chi connectivity index (χ1) is 15.1. The molecule has 0 aliphatic heterocycles. The van der Waals surface area contributed by atoms with Crippen LogP contribution in [0.1, 0.15) is 48.7 Å². The van der Waals surface area contributed by atoms with Gasteiger partial charge < -0.3 is 5.32 Å². The van der Waals surface area contributed by atoms with Crippen molar-refractivity contribution in [2.75, 3.05) is 0 Å². The Morgan fingerprint density at radius 2 is 1.97 bits per heavy atom. The van der Waals surface area contributed by atoms with E-state index in [1.165, 1.54) is 0 Å². The average molecular weight is 415 g/mol. The van der Waals surface area contributed by atoms with E-state index in [1.54, 1.807) is 6.20 Å². The van der Waals surface area contributed by atoms with E-state index in [9.17, 15) is 9.59 Å². The van der Waals surface area contributed by atoms with Gasteiger partial charge in [-0.3, -0.25) is 14.7 Å². The van der Waals surface area contributed by atoms with E-state index in [-0.39, 0.29) is 22.9 Å². The first-order valence-electron chi connectivity index (χ1n) is 10.8. The number of fused-ring (bicyclic) bond motifs is 2. The highest BCUT2D eigenvalue weighted by molar-refractivity contribution is 5.97. The zero-order valence-corrected chi connectivity index (χ0v) is 17.4. The second-order valence-corrected chi connectivity index (χ2v) is 8.65. The summed E-state index contributed by atoms with van der Waals surface area (Å²) in [4.78, 5) is 24.7. The molecule has 1 aliphatic rings. The van der Waals surface area contributed by atoms with Gasteiger partial charge >= 0.3 is 0 Å². The standard InChI is InChI=1S/C24H25N5O2/c1-2-24(10-9-20-18-5-3-4-6-19(18)23(31)29-28-20)12-17(13-24)26-22(30)15-7-8-16-14-25-27-21(16)11-15/h3-8,11,14,17H,2,9-10,12-13H2,1H3,(H,25,27)(H,26,30)(H,29,31). The topological polar surface area (TPSA) is 104 Å². The van der Waals surface area contributed by atoms with E-state index in [1.807, 2.05) is 42.5 Å². The molecule has 0 spiro atoms. The van der Waals surface area contributed by atoms with Crippen molar-refractivity contribution in [1.29, 1.82) is 0 Å². The molecule has 1 saturated carbocycles. The van der Waals surface area contributed by atoms with Crippen molar-refractivity contribution in [2.24, 2.45) is 5.41 Å². The molecule has 158 valence electrons. The number of carbonyl (C=O) groups excluding carboxylic acids is 1. The second-order valence-electron chi connectivity index (χ2n) is 8.65. The summed E-state index contributed by atoms with van der Waals surface area (Å²) in [6.07, 6.45) is 6.52. The fraction of sp³-hybridized carbons (Fsp3) is 0.333. The van der Waals surface area contributed by atoms with Gasteiger partial charge in [0.15, 0.2) is 0 Å². The Bertz CT molecular complexity index is 1320. The van der Waals surface area contributed by atoms with Gasteiger partial charge in [-0.2, -0.15) is 10.2 Å². The minimum atomic E-state index is -0.149. The van der Waals surface area contributed by atoms with Crippen LogP contribution >= 0.6 is 0 Å². The molecule has 0 atom stereocenters. The molecular weight excluding hydrogens is 390 g/mol. The third-order valence-electron chi connectivity index (χ3n) is 6.82. The summed E-state index contributed by atoms with van der Waals surface area (Å²) in [6, 6.07) is 13.4. The van der Waals surface area contributed by atoms with Gasteiger partial charge in [-0.25, -0.2) is 5.10 Å². The number of nitrogens with zero attached hydrogens (tertiary/aromatic N) is 2. The van der Waals surface area contributed by atoms with Crippen molar-refractivity contribution in [3.05, 3.63) is 70.3 Å². The van der Waals surface area contributed by atoms with Crippen LogP contribution in [0.4, 0.5) is 0 Å². The van der Waals surface area contributed by atoms with Gasteiger partial charge in [-0.15, -0.1) is 0 Å². The zero-order valence-electron chi connectivity index (χ0n) is 17.4. The Labute approximate surface area is 179 Å². The summed E-state index contributed by atoms with van der Waals surface area (Å²) in [5.74, 6) is -0.0421. The molecule has 7 nitrogen and oxygen atoms in total. The number of hydrogen-bond donors (Lipinski definition) is 3. The maximum absolute atomic E-state index is 12.7. The smallest absolute Gasteiger partial charge is 0.272 e. The molecule has 0 saturated heterocycles. The maximum atomic E-state index is 12.7. The van der Waals surface area contributed by atoms with Crippen LogP contribution in [0.25, 0.3) is 21.7 Å². The highest BCUT2D eigenvalue weighted by atomic mass is 16.1. The molecule has 1 amide bonds. The predicted octanol–water partition coefficient (Wildman–Crippen LogP) is 3.72. The van der Waals surface area contributed by atoms with Crippen LogP contribution in [0.3, 0.4) is 0 Å². The van der Waals surface area contributed by atoms with Crippen LogP contribution in [0.5, 0.6) is 0 Å². The lowest BCUT2D eigenvalue weighted by Gasteiger charge is -2.48. The van der Waals surface area contributed by atoms with Crippen molar-refractivity contribution in [2.45, 2.75) is 45.1 Å². The molecule has 2 heterocycles. The number of H-pyrrole nitrogens is 2. The third-order valence-corrected chi connectivity index (χ3v) is 6.82. The quantitative estimate of drug-likeness (QED) is 0.446. The normalized spacial score (nSPS) is 20.6. The lowest BCUT2D eigenvalue weighted by atomic mass is 9.61. The van der Waals surface area contributed by atoms with Crippen molar-refractivity contribution in [1.82, 2.24) is 25.7 Å². The molecule has 4 aromatic rings. The first-order valence-corrected chi connectivity index (χ1v) is 10.8. The average Bonchev–Trinajstić information content (AvgIpc) is 3.24. The van der Waals surface area contributed by atoms with E-state index >= 15 is 0 Å². The van der Waals surface area contributed by atoms with Crippen molar-refractivity contribution in [3.63, 3.8) is 0 Å². The number of nitrogens with one attached hydrogen (secondary N) is 3. The van der Waals surface area contributed by atoms with Gasteiger partial charge in [0, 0.05) is 22.4 Å². The number of aryl methyl sites for hydroxylation is 1. The highest BCUT2D eigenvalue weighted by Gasteiger charge is 2.43. The van der Waals surface area contributed by atoms with Crippen molar-refractivity contribution >= 4 is 27.6 Å². The lowest BCUT2D eigenvalue weighted by molar-refractivity contribution is 0.0571. The van der Waals surface area contributed by atoms with Crippen molar-refractivity contribution < 1.29 is 4.79 Å². The van der Waals surface area contributed by atoms with Gasteiger partial charge in [0.2, 0.25) is 0 Å². The minimum absolute atomic E-state index is 0.0421. The van der Waals surface area contributed by atoms with Gasteiger partial charge in [-0.05, 0) is 49.3 Å². The maximum Gasteiger partial charge on any atom is 0.272 e. The molecule has 7 heteroatoms. The third kappa shape index (κ3) is 3.60. The van der Waals surface area contributed by atoms with Gasteiger partial charge in [0.1, 0.15) is 0 Å². The predicted molar refractivity (Wildman–Crippen MR) is 120 cm³/mol. The Balaban J connectivity index is 1.23. The number of aromatic amines is 2. The van der Waals surface area contributed by atoms with Crippen LogP contribution in [-0.2, 0) is 6.42 Å².